The van der Waals surface area contributed by atoms with Crippen molar-refractivity contribution in [3.63, 3.8) is 0 Å². The van der Waals surface area contributed by atoms with Crippen molar-refractivity contribution < 1.29 is 27.5 Å². The van der Waals surface area contributed by atoms with Crippen LogP contribution in [0.5, 0.6) is 11.5 Å². The highest BCUT2D eigenvalue weighted by Gasteiger charge is 2.32. The number of rotatable bonds is 11. The van der Waals surface area contributed by atoms with Gasteiger partial charge >= 0.3 is 0 Å². The monoisotopic (exact) mass is 503 g/mol. The Hall–Kier alpha value is -3.27. The van der Waals surface area contributed by atoms with Crippen LogP contribution in [-0.4, -0.2) is 70.3 Å². The van der Waals surface area contributed by atoms with Crippen LogP contribution in [0.4, 0.5) is 5.69 Å². The maximum absolute atomic E-state index is 13.6. The quantitative estimate of drug-likeness (QED) is 0.504. The first-order chi connectivity index (χ1) is 16.8. The molecule has 1 heterocycles. The van der Waals surface area contributed by atoms with Crippen molar-refractivity contribution in [3.05, 3.63) is 54.1 Å². The molecule has 0 spiro atoms. The maximum atomic E-state index is 13.6. The second kappa shape index (κ2) is 11.9. The molecular weight excluding hydrogens is 470 g/mol. The van der Waals surface area contributed by atoms with Crippen LogP contribution in [-0.2, 0) is 26.0 Å². The van der Waals surface area contributed by atoms with E-state index in [0.29, 0.717) is 43.2 Å². The zero-order valence-electron chi connectivity index (χ0n) is 20.4. The molecule has 190 valence electrons. The lowest BCUT2D eigenvalue weighted by atomic mass is 10.1. The predicted molar refractivity (Wildman–Crippen MR) is 134 cm³/mol. The van der Waals surface area contributed by atoms with Gasteiger partial charge in [0, 0.05) is 19.7 Å². The number of fused-ring (bicyclic) bond motifs is 1. The van der Waals surface area contributed by atoms with Crippen LogP contribution >= 0.6 is 0 Å². The summed E-state index contributed by atoms with van der Waals surface area (Å²) in [6.45, 7) is 3.96. The number of carbonyl (C=O) groups excluding carboxylic acids is 2. The largest absolute Gasteiger partial charge is 0.486 e. The van der Waals surface area contributed by atoms with Crippen LogP contribution in [0.25, 0.3) is 0 Å². The van der Waals surface area contributed by atoms with Crippen molar-refractivity contribution in [2.75, 3.05) is 43.4 Å². The fourth-order valence-corrected chi connectivity index (χ4v) is 5.02. The molecule has 0 saturated carbocycles. The summed E-state index contributed by atoms with van der Waals surface area (Å²) in [5.41, 5.74) is 1.32. The van der Waals surface area contributed by atoms with Crippen molar-refractivity contribution in [2.24, 2.45) is 0 Å². The molecule has 9 nitrogen and oxygen atoms in total. The minimum Gasteiger partial charge on any atom is -0.486 e. The first-order valence-electron chi connectivity index (χ1n) is 11.8. The van der Waals surface area contributed by atoms with Gasteiger partial charge in [0.1, 0.15) is 25.8 Å². The summed E-state index contributed by atoms with van der Waals surface area (Å²) in [5.74, 6) is 0.0118. The third-order valence-electron chi connectivity index (χ3n) is 5.91. The zero-order valence-corrected chi connectivity index (χ0v) is 21.2. The molecule has 0 radical (unpaired) electrons. The molecular formula is C25H33N3O6S. The predicted octanol–water partition coefficient (Wildman–Crippen LogP) is 2.21. The average Bonchev–Trinajstić information content (AvgIpc) is 2.89. The van der Waals surface area contributed by atoms with Crippen LogP contribution in [0, 0.1) is 0 Å². The van der Waals surface area contributed by atoms with Gasteiger partial charge in [0.15, 0.2) is 11.5 Å². The molecule has 2 aromatic rings. The van der Waals surface area contributed by atoms with E-state index in [9.17, 15) is 18.0 Å². The minimum absolute atomic E-state index is 0.189. The highest BCUT2D eigenvalue weighted by molar-refractivity contribution is 7.92. The Bertz CT molecular complexity index is 1120. The summed E-state index contributed by atoms with van der Waals surface area (Å²) in [5, 5.41) is 2.61. The van der Waals surface area contributed by atoms with E-state index in [4.69, 9.17) is 9.47 Å². The number of nitrogens with one attached hydrogen (secondary N) is 1. The second-order valence-electron chi connectivity index (χ2n) is 8.10. The molecule has 1 atom stereocenters. The molecule has 35 heavy (non-hydrogen) atoms. The van der Waals surface area contributed by atoms with Crippen molar-refractivity contribution >= 4 is 27.5 Å². The number of hydrogen-bond acceptors (Lipinski definition) is 6. The van der Waals surface area contributed by atoms with Crippen molar-refractivity contribution in [1.82, 2.24) is 10.2 Å². The summed E-state index contributed by atoms with van der Waals surface area (Å²) in [6, 6.07) is 13.7. The summed E-state index contributed by atoms with van der Waals surface area (Å²) >= 11 is 0. The Morgan fingerprint density at radius 3 is 2.34 bits per heavy atom. The van der Waals surface area contributed by atoms with Crippen molar-refractivity contribution in [3.8, 4) is 11.5 Å². The van der Waals surface area contributed by atoms with E-state index in [-0.39, 0.29) is 18.2 Å². The summed E-state index contributed by atoms with van der Waals surface area (Å²) in [7, 11) is -2.28. The maximum Gasteiger partial charge on any atom is 0.244 e. The molecule has 10 heteroatoms. The minimum atomic E-state index is -3.80. The molecule has 0 unspecified atom stereocenters. The fourth-order valence-electron chi connectivity index (χ4n) is 3.97. The molecule has 0 fully saturated rings. The first-order valence-corrected chi connectivity index (χ1v) is 13.4. The van der Waals surface area contributed by atoms with Gasteiger partial charge in [-0.1, -0.05) is 37.3 Å². The number of hydrogen-bond donors (Lipinski definition) is 1. The standard InChI is InChI=1S/C25H33N3O6S/c1-4-21(25(30)26-3)27(14-13-19-9-7-6-8-10-19)24(29)18-28(35(31,32)5-2)20-11-12-22-23(17-20)34-16-15-33-22/h6-12,17,21H,4-5,13-16,18H2,1-3H3,(H,26,30)/t21-/m1/s1. The Kier molecular flexibility index (Phi) is 8.97. The van der Waals surface area contributed by atoms with E-state index in [0.717, 1.165) is 9.87 Å². The van der Waals surface area contributed by atoms with Crippen LogP contribution in [0.3, 0.4) is 0 Å². The number of amides is 2. The van der Waals surface area contributed by atoms with Gasteiger partial charge in [0.25, 0.3) is 0 Å². The number of ether oxygens (including phenoxy) is 2. The van der Waals surface area contributed by atoms with Gasteiger partial charge in [-0.25, -0.2) is 8.42 Å². The Morgan fingerprint density at radius 2 is 1.71 bits per heavy atom. The van der Waals surface area contributed by atoms with Crippen LogP contribution in [0.15, 0.2) is 48.5 Å². The van der Waals surface area contributed by atoms with Crippen LogP contribution in [0.2, 0.25) is 0 Å². The Labute approximate surface area is 207 Å². The molecule has 2 aromatic carbocycles. The van der Waals surface area contributed by atoms with Gasteiger partial charge in [-0.15, -0.1) is 0 Å². The number of anilines is 1. The molecule has 0 bridgehead atoms. The lowest BCUT2D eigenvalue weighted by Gasteiger charge is -2.33. The van der Waals surface area contributed by atoms with E-state index in [2.05, 4.69) is 5.32 Å². The zero-order chi connectivity index (χ0) is 25.4. The molecule has 1 aliphatic rings. The Balaban J connectivity index is 1.91. The fraction of sp³-hybridized carbons (Fsp3) is 0.440. The van der Waals surface area contributed by atoms with Crippen molar-refractivity contribution in [2.45, 2.75) is 32.7 Å². The summed E-state index contributed by atoms with van der Waals surface area (Å²) < 4.78 is 38.3. The first kappa shape index (κ1) is 26.3. The number of sulfonamides is 1. The number of carbonyl (C=O) groups is 2. The van der Waals surface area contributed by atoms with Gasteiger partial charge in [0.05, 0.1) is 11.4 Å². The lowest BCUT2D eigenvalue weighted by Crippen LogP contribution is -2.53. The van der Waals surface area contributed by atoms with E-state index in [1.807, 2.05) is 37.3 Å². The van der Waals surface area contributed by atoms with Gasteiger partial charge in [-0.2, -0.15) is 0 Å². The highest BCUT2D eigenvalue weighted by atomic mass is 32.2. The summed E-state index contributed by atoms with van der Waals surface area (Å²) in [4.78, 5) is 27.7. The third-order valence-corrected chi connectivity index (χ3v) is 7.65. The van der Waals surface area contributed by atoms with E-state index in [1.54, 1.807) is 18.2 Å². The number of benzene rings is 2. The molecule has 1 N–H and O–H groups in total. The van der Waals surface area contributed by atoms with E-state index >= 15 is 0 Å². The third kappa shape index (κ3) is 6.45. The highest BCUT2D eigenvalue weighted by Crippen LogP contribution is 2.35. The molecule has 0 aromatic heterocycles. The van der Waals surface area contributed by atoms with Crippen LogP contribution in [0.1, 0.15) is 25.8 Å². The average molecular weight is 504 g/mol. The molecule has 1 aliphatic heterocycles. The van der Waals surface area contributed by atoms with Crippen LogP contribution < -0.4 is 19.1 Å². The molecule has 0 saturated heterocycles. The van der Waals surface area contributed by atoms with Gasteiger partial charge in [0.2, 0.25) is 21.8 Å². The topological polar surface area (TPSA) is 105 Å². The molecule has 0 aliphatic carbocycles. The molecule has 2 amide bonds. The van der Waals surface area contributed by atoms with Gasteiger partial charge in [-0.05, 0) is 37.5 Å². The van der Waals surface area contributed by atoms with Gasteiger partial charge in [-0.3, -0.25) is 13.9 Å². The van der Waals surface area contributed by atoms with Crippen molar-refractivity contribution in [1.29, 1.82) is 0 Å². The van der Waals surface area contributed by atoms with E-state index in [1.165, 1.54) is 18.9 Å². The van der Waals surface area contributed by atoms with E-state index < -0.39 is 28.5 Å². The second-order valence-corrected chi connectivity index (χ2v) is 10.3. The lowest BCUT2D eigenvalue weighted by molar-refractivity contribution is -0.139. The number of likely N-dealkylation sites (N-methyl/N-ethyl adjacent to an activating group) is 1. The smallest absolute Gasteiger partial charge is 0.244 e. The normalized spacial score (nSPS) is 13.6. The SMILES string of the molecule is CC[C@H](C(=O)NC)N(CCc1ccccc1)C(=O)CN(c1ccc2c(c1)OCCO2)S(=O)(=O)CC. The summed E-state index contributed by atoms with van der Waals surface area (Å²) in [6.07, 6.45) is 0.926. The number of nitrogens with zero attached hydrogens (tertiary/aromatic N) is 2. The van der Waals surface area contributed by atoms with Gasteiger partial charge < -0.3 is 19.7 Å². The molecule has 3 rings (SSSR count). The Morgan fingerprint density at radius 1 is 1.03 bits per heavy atom.